The van der Waals surface area contributed by atoms with Crippen LogP contribution in [0.15, 0.2) is 30.3 Å². The van der Waals surface area contributed by atoms with Crippen molar-refractivity contribution in [2.24, 2.45) is 0 Å². The minimum absolute atomic E-state index is 0.582. The Labute approximate surface area is 141 Å². The quantitative estimate of drug-likeness (QED) is 0.684. The second-order valence-electron chi connectivity index (χ2n) is 4.44. The number of hydrogen-bond donors (Lipinski definition) is 1. The number of benzene rings is 2. The molecule has 1 heterocycles. The molecule has 0 atom stereocenters. The van der Waals surface area contributed by atoms with Crippen molar-refractivity contribution in [3.05, 3.63) is 40.4 Å². The number of anilines is 2. The van der Waals surface area contributed by atoms with Crippen molar-refractivity contribution in [2.45, 2.75) is 0 Å². The van der Waals surface area contributed by atoms with Gasteiger partial charge in [0, 0.05) is 17.2 Å². The number of ether oxygens (including phenoxy) is 2. The molecule has 2 aromatic carbocycles. The summed E-state index contributed by atoms with van der Waals surface area (Å²) in [5.41, 5.74) is 1.54. The van der Waals surface area contributed by atoms with E-state index in [1.54, 1.807) is 32.4 Å². The van der Waals surface area contributed by atoms with Gasteiger partial charge in [0.1, 0.15) is 0 Å². The van der Waals surface area contributed by atoms with Crippen LogP contribution in [0, 0.1) is 0 Å². The van der Waals surface area contributed by atoms with Crippen LogP contribution in [0.1, 0.15) is 0 Å². The van der Waals surface area contributed by atoms with E-state index < -0.39 is 0 Å². The van der Waals surface area contributed by atoms with E-state index in [0.29, 0.717) is 27.2 Å². The topological polar surface area (TPSA) is 43.4 Å². The third-order valence-corrected chi connectivity index (χ3v) is 4.56. The van der Waals surface area contributed by atoms with Gasteiger partial charge in [0.2, 0.25) is 0 Å². The van der Waals surface area contributed by atoms with Crippen molar-refractivity contribution in [3.8, 4) is 11.5 Å². The molecule has 0 radical (unpaired) electrons. The summed E-state index contributed by atoms with van der Waals surface area (Å²) in [7, 11) is 3.20. The van der Waals surface area contributed by atoms with Crippen LogP contribution in [0.5, 0.6) is 11.5 Å². The lowest BCUT2D eigenvalue weighted by Gasteiger charge is -2.05. The Hall–Kier alpha value is -1.69. The summed E-state index contributed by atoms with van der Waals surface area (Å²) in [6, 6.07) is 8.98. The SMILES string of the molecule is COc1cc2nc(Nc3cc(Cl)ccc3Cl)sc2cc1OC. The van der Waals surface area contributed by atoms with Crippen LogP contribution in [0.4, 0.5) is 10.8 Å². The minimum atomic E-state index is 0.582. The van der Waals surface area contributed by atoms with E-state index in [1.807, 2.05) is 12.1 Å². The maximum atomic E-state index is 6.16. The third-order valence-electron chi connectivity index (χ3n) is 3.06. The molecule has 0 bridgehead atoms. The standard InChI is InChI=1S/C15H12Cl2N2O2S/c1-20-12-6-11-14(7-13(12)21-2)22-15(19-11)18-10-5-8(16)3-4-9(10)17/h3-7H,1-2H3,(H,18,19). The van der Waals surface area contributed by atoms with Crippen molar-refractivity contribution in [3.63, 3.8) is 0 Å². The summed E-state index contributed by atoms with van der Waals surface area (Å²) < 4.78 is 11.6. The average Bonchev–Trinajstić information content (AvgIpc) is 2.90. The van der Waals surface area contributed by atoms with E-state index in [9.17, 15) is 0 Å². The fourth-order valence-corrected chi connectivity index (χ4v) is 3.24. The Morgan fingerprint density at radius 1 is 1.05 bits per heavy atom. The summed E-state index contributed by atoms with van der Waals surface area (Å²) in [5.74, 6) is 1.32. The predicted octanol–water partition coefficient (Wildman–Crippen LogP) is 5.36. The Bertz CT molecular complexity index is 795. The largest absolute Gasteiger partial charge is 0.493 e. The first-order chi connectivity index (χ1) is 10.6. The highest BCUT2D eigenvalue weighted by molar-refractivity contribution is 7.22. The normalized spacial score (nSPS) is 10.7. The van der Waals surface area contributed by atoms with E-state index in [4.69, 9.17) is 32.7 Å². The lowest BCUT2D eigenvalue weighted by molar-refractivity contribution is 0.356. The molecule has 0 spiro atoms. The average molecular weight is 355 g/mol. The van der Waals surface area contributed by atoms with E-state index >= 15 is 0 Å². The molecule has 7 heteroatoms. The fraction of sp³-hybridized carbons (Fsp3) is 0.133. The number of halogens is 2. The van der Waals surface area contributed by atoms with Crippen LogP contribution in [0.3, 0.4) is 0 Å². The molecular formula is C15H12Cl2N2O2S. The molecule has 0 aliphatic rings. The van der Waals surface area contributed by atoms with Crippen molar-refractivity contribution >= 4 is 55.6 Å². The first-order valence-corrected chi connectivity index (χ1v) is 7.92. The van der Waals surface area contributed by atoms with Crippen LogP contribution in [0.25, 0.3) is 10.2 Å². The zero-order chi connectivity index (χ0) is 15.7. The van der Waals surface area contributed by atoms with Crippen molar-refractivity contribution in [2.75, 3.05) is 19.5 Å². The number of methoxy groups -OCH3 is 2. The van der Waals surface area contributed by atoms with Crippen LogP contribution in [-0.2, 0) is 0 Å². The van der Waals surface area contributed by atoms with Gasteiger partial charge in [0.05, 0.1) is 35.1 Å². The van der Waals surface area contributed by atoms with Crippen LogP contribution in [-0.4, -0.2) is 19.2 Å². The smallest absolute Gasteiger partial charge is 0.188 e. The molecule has 4 nitrogen and oxygen atoms in total. The third kappa shape index (κ3) is 2.92. The lowest BCUT2D eigenvalue weighted by atomic mass is 10.3. The lowest BCUT2D eigenvalue weighted by Crippen LogP contribution is -1.90. The van der Waals surface area contributed by atoms with Gasteiger partial charge in [-0.2, -0.15) is 0 Å². The second-order valence-corrected chi connectivity index (χ2v) is 6.32. The Morgan fingerprint density at radius 3 is 2.50 bits per heavy atom. The van der Waals surface area contributed by atoms with Gasteiger partial charge in [-0.25, -0.2) is 4.98 Å². The minimum Gasteiger partial charge on any atom is -0.493 e. The summed E-state index contributed by atoms with van der Waals surface area (Å²) in [4.78, 5) is 4.53. The maximum absolute atomic E-state index is 6.16. The summed E-state index contributed by atoms with van der Waals surface area (Å²) in [6.07, 6.45) is 0. The van der Waals surface area contributed by atoms with Crippen LogP contribution < -0.4 is 14.8 Å². The number of hydrogen-bond acceptors (Lipinski definition) is 5. The van der Waals surface area contributed by atoms with Gasteiger partial charge in [0.15, 0.2) is 16.6 Å². The van der Waals surface area contributed by atoms with Gasteiger partial charge in [-0.3, -0.25) is 0 Å². The van der Waals surface area contributed by atoms with Crippen molar-refractivity contribution in [1.82, 2.24) is 4.98 Å². The number of rotatable bonds is 4. The van der Waals surface area contributed by atoms with Gasteiger partial charge in [-0.05, 0) is 18.2 Å². The predicted molar refractivity (Wildman–Crippen MR) is 92.5 cm³/mol. The molecule has 22 heavy (non-hydrogen) atoms. The van der Waals surface area contributed by atoms with Gasteiger partial charge >= 0.3 is 0 Å². The zero-order valence-electron chi connectivity index (χ0n) is 11.8. The molecule has 114 valence electrons. The van der Waals surface area contributed by atoms with Gasteiger partial charge in [-0.1, -0.05) is 34.5 Å². The molecule has 0 saturated carbocycles. The molecule has 3 rings (SSSR count). The monoisotopic (exact) mass is 354 g/mol. The Kier molecular flexibility index (Phi) is 4.29. The first kappa shape index (κ1) is 15.2. The summed E-state index contributed by atoms with van der Waals surface area (Å²) in [5, 5.41) is 5.09. The summed E-state index contributed by atoms with van der Waals surface area (Å²) in [6.45, 7) is 0. The van der Waals surface area contributed by atoms with E-state index in [0.717, 1.165) is 15.3 Å². The molecule has 0 unspecified atom stereocenters. The number of aromatic nitrogens is 1. The molecule has 3 aromatic rings. The first-order valence-electron chi connectivity index (χ1n) is 6.35. The number of thiazole rings is 1. The summed E-state index contributed by atoms with van der Waals surface area (Å²) >= 11 is 13.6. The van der Waals surface area contributed by atoms with E-state index in [1.165, 1.54) is 11.3 Å². The van der Waals surface area contributed by atoms with Crippen molar-refractivity contribution < 1.29 is 9.47 Å². The van der Waals surface area contributed by atoms with E-state index in [-0.39, 0.29) is 0 Å². The fourth-order valence-electron chi connectivity index (χ4n) is 2.02. The maximum Gasteiger partial charge on any atom is 0.188 e. The Morgan fingerprint density at radius 2 is 1.77 bits per heavy atom. The highest BCUT2D eigenvalue weighted by Gasteiger charge is 2.11. The number of fused-ring (bicyclic) bond motifs is 1. The number of nitrogens with zero attached hydrogens (tertiary/aromatic N) is 1. The molecule has 1 aromatic heterocycles. The molecule has 0 saturated heterocycles. The molecule has 0 fully saturated rings. The second kappa shape index (κ2) is 6.20. The molecular weight excluding hydrogens is 343 g/mol. The van der Waals surface area contributed by atoms with E-state index in [2.05, 4.69) is 10.3 Å². The van der Waals surface area contributed by atoms with Gasteiger partial charge in [-0.15, -0.1) is 0 Å². The van der Waals surface area contributed by atoms with Crippen LogP contribution >= 0.6 is 34.5 Å². The Balaban J connectivity index is 2.00. The molecule has 0 aliphatic heterocycles. The van der Waals surface area contributed by atoms with Gasteiger partial charge < -0.3 is 14.8 Å². The number of nitrogens with one attached hydrogen (secondary N) is 1. The van der Waals surface area contributed by atoms with Gasteiger partial charge in [0.25, 0.3) is 0 Å². The molecule has 1 N–H and O–H groups in total. The van der Waals surface area contributed by atoms with Crippen molar-refractivity contribution in [1.29, 1.82) is 0 Å². The highest BCUT2D eigenvalue weighted by Crippen LogP contribution is 2.37. The van der Waals surface area contributed by atoms with Crippen LogP contribution in [0.2, 0.25) is 10.0 Å². The highest BCUT2D eigenvalue weighted by atomic mass is 35.5. The molecule has 0 amide bonds. The zero-order valence-corrected chi connectivity index (χ0v) is 14.1. The molecule has 0 aliphatic carbocycles.